The highest BCUT2D eigenvalue weighted by atomic mass is 35.5. The topological polar surface area (TPSA) is 96.0 Å². The van der Waals surface area contributed by atoms with Gasteiger partial charge < -0.3 is 15.0 Å². The minimum atomic E-state index is -3.91. The smallest absolute Gasteiger partial charge is 0.244 e. The van der Waals surface area contributed by atoms with Crippen molar-refractivity contribution in [2.24, 2.45) is 0 Å². The van der Waals surface area contributed by atoms with Crippen LogP contribution in [0.1, 0.15) is 37.5 Å². The second-order valence-electron chi connectivity index (χ2n) is 11.0. The number of amides is 2. The van der Waals surface area contributed by atoms with E-state index in [-0.39, 0.29) is 29.6 Å². The fourth-order valence-electron chi connectivity index (χ4n) is 4.44. The summed E-state index contributed by atoms with van der Waals surface area (Å²) < 4.78 is 32.1. The van der Waals surface area contributed by atoms with Crippen LogP contribution >= 0.6 is 11.6 Å². The Morgan fingerprint density at radius 1 is 0.976 bits per heavy atom. The number of methoxy groups -OCH3 is 1. The van der Waals surface area contributed by atoms with Crippen LogP contribution in [0, 0.1) is 6.92 Å². The van der Waals surface area contributed by atoms with E-state index in [0.717, 1.165) is 27.3 Å². The third-order valence-corrected chi connectivity index (χ3v) is 7.74. The zero-order valence-corrected chi connectivity index (χ0v) is 25.9. The molecule has 0 radical (unpaired) electrons. The van der Waals surface area contributed by atoms with Crippen molar-refractivity contribution in [3.05, 3.63) is 94.5 Å². The van der Waals surface area contributed by atoms with Crippen molar-refractivity contribution in [3.8, 4) is 5.75 Å². The minimum Gasteiger partial charge on any atom is -0.495 e. The van der Waals surface area contributed by atoms with Gasteiger partial charge in [-0.3, -0.25) is 13.9 Å². The minimum absolute atomic E-state index is 0.108. The van der Waals surface area contributed by atoms with Crippen molar-refractivity contribution >= 4 is 39.1 Å². The monoisotopic (exact) mass is 599 g/mol. The molecule has 3 rings (SSSR count). The summed E-state index contributed by atoms with van der Waals surface area (Å²) >= 11 is 6.29. The van der Waals surface area contributed by atoms with Crippen LogP contribution < -0.4 is 14.4 Å². The highest BCUT2D eigenvalue weighted by Crippen LogP contribution is 2.30. The number of nitrogens with one attached hydrogen (secondary N) is 1. The summed E-state index contributed by atoms with van der Waals surface area (Å²) in [4.78, 5) is 29.4. The average Bonchev–Trinajstić information content (AvgIpc) is 2.88. The molecule has 0 aliphatic rings. The first kappa shape index (κ1) is 32.0. The Kier molecular flexibility index (Phi) is 10.4. The third-order valence-electron chi connectivity index (χ3n) is 6.31. The molecule has 0 saturated carbocycles. The predicted octanol–water partition coefficient (Wildman–Crippen LogP) is 4.98. The summed E-state index contributed by atoms with van der Waals surface area (Å²) in [7, 11) is -2.45. The summed E-state index contributed by atoms with van der Waals surface area (Å²) in [6.07, 6.45) is 1.27. The maximum atomic E-state index is 14.2. The molecular formula is C31H38ClN3O5S. The number of aryl methyl sites for hydroxylation is 1. The fourth-order valence-corrected chi connectivity index (χ4v) is 5.53. The zero-order valence-electron chi connectivity index (χ0n) is 24.3. The van der Waals surface area contributed by atoms with Crippen LogP contribution in [0.5, 0.6) is 5.75 Å². The molecule has 0 bridgehead atoms. The molecule has 8 nitrogen and oxygen atoms in total. The van der Waals surface area contributed by atoms with E-state index in [1.807, 2.05) is 82.3 Å². The molecule has 1 N–H and O–H groups in total. The average molecular weight is 600 g/mol. The van der Waals surface area contributed by atoms with Gasteiger partial charge in [-0.15, -0.1) is 0 Å². The predicted molar refractivity (Wildman–Crippen MR) is 164 cm³/mol. The van der Waals surface area contributed by atoms with Crippen molar-refractivity contribution in [2.75, 3.05) is 24.2 Å². The molecule has 0 saturated heterocycles. The Morgan fingerprint density at radius 3 is 2.20 bits per heavy atom. The van der Waals surface area contributed by atoms with Crippen LogP contribution in [0.3, 0.4) is 0 Å². The molecule has 0 aromatic heterocycles. The van der Waals surface area contributed by atoms with Crippen molar-refractivity contribution in [1.29, 1.82) is 0 Å². The number of carbonyl (C=O) groups is 2. The number of hydrogen-bond donors (Lipinski definition) is 1. The Bertz CT molecular complexity index is 1470. The number of ether oxygens (including phenoxy) is 1. The highest BCUT2D eigenvalue weighted by molar-refractivity contribution is 7.92. The lowest BCUT2D eigenvalue weighted by atomic mass is 10.0. The van der Waals surface area contributed by atoms with Gasteiger partial charge in [0, 0.05) is 18.5 Å². The van der Waals surface area contributed by atoms with Crippen LogP contribution in [0.25, 0.3) is 0 Å². The number of halogens is 1. The molecule has 0 fully saturated rings. The Morgan fingerprint density at radius 2 is 1.63 bits per heavy atom. The van der Waals surface area contributed by atoms with Gasteiger partial charge in [0.1, 0.15) is 18.3 Å². The van der Waals surface area contributed by atoms with E-state index in [1.165, 1.54) is 24.1 Å². The number of sulfonamides is 1. The Labute approximate surface area is 248 Å². The van der Waals surface area contributed by atoms with Gasteiger partial charge >= 0.3 is 0 Å². The summed E-state index contributed by atoms with van der Waals surface area (Å²) in [6, 6.07) is 20.7. The first-order valence-electron chi connectivity index (χ1n) is 13.2. The zero-order chi connectivity index (χ0) is 30.4. The Hall–Kier alpha value is -3.56. The van der Waals surface area contributed by atoms with Crippen molar-refractivity contribution in [3.63, 3.8) is 0 Å². The molecular weight excluding hydrogens is 562 g/mol. The van der Waals surface area contributed by atoms with Crippen molar-refractivity contribution in [1.82, 2.24) is 10.2 Å². The van der Waals surface area contributed by atoms with Gasteiger partial charge in [0.25, 0.3) is 0 Å². The van der Waals surface area contributed by atoms with Crippen LogP contribution in [-0.2, 0) is 32.6 Å². The van der Waals surface area contributed by atoms with E-state index in [0.29, 0.717) is 5.75 Å². The number of nitrogens with zero attached hydrogens (tertiary/aromatic N) is 2. The molecule has 1 atom stereocenters. The highest BCUT2D eigenvalue weighted by Gasteiger charge is 2.34. The second kappa shape index (κ2) is 13.4. The summed E-state index contributed by atoms with van der Waals surface area (Å²) in [6.45, 7) is 7.14. The number of carbonyl (C=O) groups excluding carboxylic acids is 2. The fraction of sp³-hybridized carbons (Fsp3) is 0.355. The first-order chi connectivity index (χ1) is 19.2. The largest absolute Gasteiger partial charge is 0.495 e. The van der Waals surface area contributed by atoms with E-state index in [9.17, 15) is 18.0 Å². The lowest BCUT2D eigenvalue weighted by Gasteiger charge is -2.35. The molecule has 2 amide bonds. The lowest BCUT2D eigenvalue weighted by molar-refractivity contribution is -0.140. The van der Waals surface area contributed by atoms with E-state index >= 15 is 0 Å². The summed E-state index contributed by atoms with van der Waals surface area (Å²) in [5, 5.41) is 3.21. The maximum Gasteiger partial charge on any atom is 0.244 e. The lowest BCUT2D eigenvalue weighted by Crippen LogP contribution is -2.56. The standard InChI is InChI=1S/C31H38ClN3O5S/c1-22-11-10-14-24(17-22)20-34(27(30(37)33-31(2,3)4)18-23-12-8-7-9-13-23)29(36)21-35(41(6,38)39)25-15-16-28(40-5)26(32)19-25/h7-17,19,27H,18,20-21H2,1-6H3,(H,33,37)/t27-/m0/s1. The van der Waals surface area contributed by atoms with Gasteiger partial charge in [0.2, 0.25) is 21.8 Å². The quantitative estimate of drug-likeness (QED) is 0.335. The van der Waals surface area contributed by atoms with Gasteiger partial charge in [-0.05, 0) is 57.0 Å². The molecule has 220 valence electrons. The molecule has 0 unspecified atom stereocenters. The van der Waals surface area contributed by atoms with Crippen molar-refractivity contribution in [2.45, 2.75) is 52.2 Å². The second-order valence-corrected chi connectivity index (χ2v) is 13.4. The summed E-state index contributed by atoms with van der Waals surface area (Å²) in [5.41, 5.74) is 2.34. The van der Waals surface area contributed by atoms with Gasteiger partial charge in [-0.1, -0.05) is 71.8 Å². The third kappa shape index (κ3) is 9.23. The molecule has 0 spiro atoms. The van der Waals surface area contributed by atoms with E-state index < -0.39 is 34.1 Å². The van der Waals surface area contributed by atoms with E-state index in [4.69, 9.17) is 16.3 Å². The van der Waals surface area contributed by atoms with Gasteiger partial charge in [0.05, 0.1) is 24.1 Å². The van der Waals surface area contributed by atoms with Gasteiger partial charge in [0.15, 0.2) is 0 Å². The normalized spacial score (nSPS) is 12.4. The van der Waals surface area contributed by atoms with Crippen LogP contribution in [0.15, 0.2) is 72.8 Å². The maximum absolute atomic E-state index is 14.2. The molecule has 0 aliphatic heterocycles. The molecule has 3 aromatic rings. The Balaban J connectivity index is 2.09. The van der Waals surface area contributed by atoms with Crippen LogP contribution in [0.2, 0.25) is 5.02 Å². The molecule has 0 aliphatic carbocycles. The molecule has 3 aromatic carbocycles. The van der Waals surface area contributed by atoms with Crippen molar-refractivity contribution < 1.29 is 22.7 Å². The number of anilines is 1. The van der Waals surface area contributed by atoms with Gasteiger partial charge in [-0.2, -0.15) is 0 Å². The molecule has 41 heavy (non-hydrogen) atoms. The van der Waals surface area contributed by atoms with Gasteiger partial charge in [-0.25, -0.2) is 8.42 Å². The van der Waals surface area contributed by atoms with E-state index in [1.54, 1.807) is 6.07 Å². The number of benzene rings is 3. The SMILES string of the molecule is COc1ccc(N(CC(=O)N(Cc2cccc(C)c2)[C@@H](Cc2ccccc2)C(=O)NC(C)(C)C)S(C)(=O)=O)cc1Cl. The number of hydrogen-bond acceptors (Lipinski definition) is 5. The number of rotatable bonds is 11. The summed E-state index contributed by atoms with van der Waals surface area (Å²) in [5.74, 6) is -0.493. The van der Waals surface area contributed by atoms with Crippen LogP contribution in [-0.4, -0.2) is 56.6 Å². The first-order valence-corrected chi connectivity index (χ1v) is 15.4. The molecule has 0 heterocycles. The van der Waals surface area contributed by atoms with E-state index in [2.05, 4.69) is 5.32 Å². The molecule has 10 heteroatoms. The van der Waals surface area contributed by atoms with Crippen LogP contribution in [0.4, 0.5) is 5.69 Å².